The van der Waals surface area contributed by atoms with E-state index in [1.165, 1.54) is 7.11 Å². The maximum absolute atomic E-state index is 10.5. The quantitative estimate of drug-likeness (QED) is 0.306. The van der Waals surface area contributed by atoms with Crippen LogP contribution in [0.1, 0.15) is 12.8 Å². The Morgan fingerprint density at radius 1 is 1.75 bits per heavy atom. The average Bonchev–Trinajstić information content (AvgIpc) is 2.10. The Morgan fingerprint density at radius 2 is 2.42 bits per heavy atom. The molecule has 3 nitrogen and oxygen atoms in total. The largest absolute Gasteiger partial charge is 0.459 e. The molecule has 0 spiro atoms. The van der Waals surface area contributed by atoms with Gasteiger partial charge in [-0.2, -0.15) is 0 Å². The van der Waals surface area contributed by atoms with Crippen LogP contribution in [0.25, 0.3) is 0 Å². The van der Waals surface area contributed by atoms with E-state index in [9.17, 15) is 4.79 Å². The Morgan fingerprint density at radius 3 is 2.92 bits per heavy atom. The van der Waals surface area contributed by atoms with Crippen LogP contribution in [0.4, 0.5) is 0 Å². The monoisotopic (exact) mass is 190 g/mol. The second-order valence-electron chi connectivity index (χ2n) is 2.11. The lowest BCUT2D eigenvalue weighted by atomic mass is 10.2. The lowest BCUT2D eigenvalue weighted by Gasteiger charge is -1.98. The highest BCUT2D eigenvalue weighted by Crippen LogP contribution is 1.96. The zero-order valence-electron chi connectivity index (χ0n) is 6.84. The molecule has 0 heterocycles. The third kappa shape index (κ3) is 6.02. The van der Waals surface area contributed by atoms with Crippen molar-refractivity contribution in [3.05, 3.63) is 0 Å². The number of carbonyl (C=O) groups excluding carboxylic acids is 1. The van der Waals surface area contributed by atoms with Crippen LogP contribution in [0.15, 0.2) is 0 Å². The topological polar surface area (TPSA) is 46.5 Å². The summed E-state index contributed by atoms with van der Waals surface area (Å²) in [6.07, 6.45) is 0.370. The van der Waals surface area contributed by atoms with Crippen LogP contribution >= 0.6 is 11.6 Å². The number of aliphatic hydroxyl groups is 1. The molecular weight excluding hydrogens is 180 g/mol. The molecule has 0 bridgehead atoms. The smallest absolute Gasteiger partial charge is 0.384 e. The lowest BCUT2D eigenvalue weighted by Crippen LogP contribution is -2.04. The predicted molar refractivity (Wildman–Crippen MR) is 45.8 cm³/mol. The average molecular weight is 191 g/mol. The fraction of sp³-hybridized carbons (Fsp3) is 0.625. The Labute approximate surface area is 76.7 Å². The van der Waals surface area contributed by atoms with Gasteiger partial charge in [0.15, 0.2) is 0 Å². The van der Waals surface area contributed by atoms with Crippen LogP contribution in [-0.4, -0.2) is 30.2 Å². The second kappa shape index (κ2) is 6.96. The van der Waals surface area contributed by atoms with Gasteiger partial charge in [0.1, 0.15) is 6.10 Å². The molecule has 0 aliphatic carbocycles. The molecule has 0 amide bonds. The number of hydrogen-bond acceptors (Lipinski definition) is 3. The lowest BCUT2D eigenvalue weighted by molar-refractivity contribution is -0.133. The number of halogens is 1. The van der Waals surface area contributed by atoms with Crippen molar-refractivity contribution in [2.24, 2.45) is 0 Å². The molecule has 0 aromatic carbocycles. The van der Waals surface area contributed by atoms with Crippen molar-refractivity contribution >= 4 is 17.6 Å². The standard InChI is InChI=1S/C8H11ClO3/c1-12-8(11)5-4-7(10)3-2-6-9/h7,10H,2-3,6H2,1H3. The number of hydrogen-bond donors (Lipinski definition) is 1. The summed E-state index contributed by atoms with van der Waals surface area (Å²) in [5, 5.41) is 9.08. The molecule has 1 N–H and O–H groups in total. The van der Waals surface area contributed by atoms with E-state index < -0.39 is 12.1 Å². The first kappa shape index (κ1) is 11.3. The molecule has 0 rings (SSSR count). The first-order valence-electron chi connectivity index (χ1n) is 3.54. The van der Waals surface area contributed by atoms with Crippen LogP contribution in [0.3, 0.4) is 0 Å². The van der Waals surface area contributed by atoms with Crippen LogP contribution in [-0.2, 0) is 9.53 Å². The summed E-state index contributed by atoms with van der Waals surface area (Å²) in [5.74, 6) is 4.32. The third-order valence-corrected chi connectivity index (χ3v) is 1.40. The van der Waals surface area contributed by atoms with Gasteiger partial charge < -0.3 is 9.84 Å². The summed E-state index contributed by atoms with van der Waals surface area (Å²) >= 11 is 5.38. The Bertz CT molecular complexity index is 192. The van der Waals surface area contributed by atoms with Gasteiger partial charge in [-0.3, -0.25) is 0 Å². The first-order valence-corrected chi connectivity index (χ1v) is 4.07. The Hall–Kier alpha value is -0.720. The van der Waals surface area contributed by atoms with Gasteiger partial charge >= 0.3 is 5.97 Å². The van der Waals surface area contributed by atoms with Crippen molar-refractivity contribution in [3.8, 4) is 11.8 Å². The number of aliphatic hydroxyl groups excluding tert-OH is 1. The van der Waals surface area contributed by atoms with Gasteiger partial charge in [0.05, 0.1) is 7.11 Å². The van der Waals surface area contributed by atoms with Gasteiger partial charge in [0.25, 0.3) is 0 Å². The summed E-state index contributed by atoms with van der Waals surface area (Å²) in [5.41, 5.74) is 0. The highest BCUT2D eigenvalue weighted by atomic mass is 35.5. The van der Waals surface area contributed by atoms with Crippen LogP contribution in [0, 0.1) is 11.8 Å². The normalized spacial score (nSPS) is 11.2. The highest BCUT2D eigenvalue weighted by Gasteiger charge is 1.98. The van der Waals surface area contributed by atoms with Crippen molar-refractivity contribution in [3.63, 3.8) is 0 Å². The van der Waals surface area contributed by atoms with Gasteiger partial charge in [0.2, 0.25) is 0 Å². The summed E-state index contributed by atoms with van der Waals surface area (Å²) < 4.78 is 4.26. The number of ether oxygens (including phenoxy) is 1. The summed E-state index contributed by atoms with van der Waals surface area (Å²) in [4.78, 5) is 10.5. The molecule has 0 aliphatic rings. The number of methoxy groups -OCH3 is 1. The molecule has 0 saturated heterocycles. The van der Waals surface area contributed by atoms with Crippen molar-refractivity contribution in [1.29, 1.82) is 0 Å². The van der Waals surface area contributed by atoms with Gasteiger partial charge in [-0.25, -0.2) is 4.79 Å². The summed E-state index contributed by atoms with van der Waals surface area (Å²) in [6.45, 7) is 0. The number of alkyl halides is 1. The van der Waals surface area contributed by atoms with Crippen molar-refractivity contribution < 1.29 is 14.6 Å². The molecule has 0 aromatic rings. The van der Waals surface area contributed by atoms with Crippen LogP contribution in [0.5, 0.6) is 0 Å². The Kier molecular flexibility index (Phi) is 6.54. The zero-order chi connectivity index (χ0) is 9.40. The van der Waals surface area contributed by atoms with E-state index in [0.717, 1.165) is 0 Å². The molecular formula is C8H11ClO3. The van der Waals surface area contributed by atoms with Gasteiger partial charge in [-0.1, -0.05) is 5.92 Å². The van der Waals surface area contributed by atoms with E-state index in [-0.39, 0.29) is 0 Å². The van der Waals surface area contributed by atoms with E-state index in [1.807, 2.05) is 0 Å². The number of carbonyl (C=O) groups is 1. The van der Waals surface area contributed by atoms with Crippen LogP contribution in [0.2, 0.25) is 0 Å². The minimum atomic E-state index is -0.789. The van der Waals surface area contributed by atoms with Crippen molar-refractivity contribution in [1.82, 2.24) is 0 Å². The molecule has 68 valence electrons. The number of rotatable bonds is 3. The second-order valence-corrected chi connectivity index (χ2v) is 2.49. The van der Waals surface area contributed by atoms with Crippen LogP contribution < -0.4 is 0 Å². The summed E-state index contributed by atoms with van der Waals surface area (Å²) in [7, 11) is 1.24. The Balaban J connectivity index is 3.70. The molecule has 0 aromatic heterocycles. The molecule has 4 heteroatoms. The fourth-order valence-electron chi connectivity index (χ4n) is 0.536. The first-order chi connectivity index (χ1) is 5.70. The van der Waals surface area contributed by atoms with E-state index in [4.69, 9.17) is 16.7 Å². The maximum Gasteiger partial charge on any atom is 0.384 e. The van der Waals surface area contributed by atoms with Gasteiger partial charge in [0, 0.05) is 11.8 Å². The minimum absolute atomic E-state index is 0.480. The van der Waals surface area contributed by atoms with E-state index >= 15 is 0 Å². The highest BCUT2D eigenvalue weighted by molar-refractivity contribution is 6.17. The molecule has 12 heavy (non-hydrogen) atoms. The van der Waals surface area contributed by atoms with Crippen molar-refractivity contribution in [2.75, 3.05) is 13.0 Å². The van der Waals surface area contributed by atoms with E-state index in [1.54, 1.807) is 0 Å². The van der Waals surface area contributed by atoms with Crippen molar-refractivity contribution in [2.45, 2.75) is 18.9 Å². The molecule has 1 unspecified atom stereocenters. The van der Waals surface area contributed by atoms with E-state index in [0.29, 0.717) is 18.7 Å². The minimum Gasteiger partial charge on any atom is -0.459 e. The maximum atomic E-state index is 10.5. The third-order valence-electron chi connectivity index (χ3n) is 1.14. The molecule has 0 aliphatic heterocycles. The molecule has 0 radical (unpaired) electrons. The van der Waals surface area contributed by atoms with Gasteiger partial charge in [-0.05, 0) is 12.8 Å². The molecule has 1 atom stereocenters. The molecule has 0 fully saturated rings. The molecule has 0 saturated carbocycles. The number of esters is 1. The SMILES string of the molecule is COC(=O)C#CC(O)CCCCl. The van der Waals surface area contributed by atoms with E-state index in [2.05, 4.69) is 16.6 Å². The fourth-order valence-corrected chi connectivity index (χ4v) is 0.690. The summed E-state index contributed by atoms with van der Waals surface area (Å²) in [6, 6.07) is 0. The van der Waals surface area contributed by atoms with Gasteiger partial charge in [-0.15, -0.1) is 11.6 Å². The predicted octanol–water partition coefficient (Wildman–Crippen LogP) is 0.543. The zero-order valence-corrected chi connectivity index (χ0v) is 7.60.